The summed E-state index contributed by atoms with van der Waals surface area (Å²) >= 11 is 0. The number of nitrogens with zero attached hydrogens (tertiary/aromatic N) is 1. The van der Waals surface area contributed by atoms with E-state index < -0.39 is 0 Å². The van der Waals surface area contributed by atoms with Gasteiger partial charge in [-0.2, -0.15) is 0 Å². The number of benzene rings is 3. The molecule has 3 aromatic rings. The van der Waals surface area contributed by atoms with Crippen molar-refractivity contribution in [2.45, 2.75) is 50.2 Å². The fourth-order valence-corrected chi connectivity index (χ4v) is 6.90. The van der Waals surface area contributed by atoms with E-state index in [2.05, 4.69) is 83.8 Å². The van der Waals surface area contributed by atoms with Gasteiger partial charge in [0.1, 0.15) is 5.75 Å². The molecule has 1 spiro atoms. The molecule has 1 fully saturated rings. The highest BCUT2D eigenvalue weighted by atomic mass is 16.5. The van der Waals surface area contributed by atoms with Crippen molar-refractivity contribution in [3.8, 4) is 5.75 Å². The Morgan fingerprint density at radius 3 is 2.55 bits per heavy atom. The van der Waals surface area contributed by atoms with Crippen molar-refractivity contribution >= 4 is 11.4 Å². The number of fused-ring (bicyclic) bond motifs is 5. The Morgan fingerprint density at radius 2 is 1.61 bits per heavy atom. The molecule has 3 aromatic carbocycles. The van der Waals surface area contributed by atoms with E-state index in [0.29, 0.717) is 11.8 Å². The lowest BCUT2D eigenvalue weighted by Crippen LogP contribution is -2.60. The quantitative estimate of drug-likeness (QED) is 0.435. The van der Waals surface area contributed by atoms with Crippen LogP contribution in [-0.4, -0.2) is 5.72 Å². The number of hydrogen-bond donors (Lipinski definition) is 0. The SMILES string of the molecule is c1ccc([C@@H]2C3=C(c4ccccc4CC3)N3c4ccccc4O[C@]34CCCC[C@@H]24)cc1. The molecule has 0 saturated heterocycles. The van der Waals surface area contributed by atoms with Gasteiger partial charge in [-0.15, -0.1) is 0 Å². The number of anilines is 1. The van der Waals surface area contributed by atoms with Gasteiger partial charge in [-0.05, 0) is 54.5 Å². The molecule has 154 valence electrons. The van der Waals surface area contributed by atoms with Crippen molar-refractivity contribution in [3.63, 3.8) is 0 Å². The first-order valence-corrected chi connectivity index (χ1v) is 11.8. The predicted molar refractivity (Wildman–Crippen MR) is 125 cm³/mol. The van der Waals surface area contributed by atoms with Crippen molar-refractivity contribution in [1.82, 2.24) is 0 Å². The molecule has 4 aliphatic rings. The number of rotatable bonds is 1. The maximum absolute atomic E-state index is 7.01. The normalized spacial score (nSPS) is 28.1. The second-order valence-electron chi connectivity index (χ2n) is 9.52. The highest BCUT2D eigenvalue weighted by molar-refractivity contribution is 5.90. The molecule has 0 unspecified atom stereocenters. The second-order valence-corrected chi connectivity index (χ2v) is 9.52. The molecule has 2 nitrogen and oxygen atoms in total. The fraction of sp³-hybridized carbons (Fsp3) is 0.310. The van der Waals surface area contributed by atoms with Crippen molar-refractivity contribution in [1.29, 1.82) is 0 Å². The van der Waals surface area contributed by atoms with Crippen LogP contribution in [0.3, 0.4) is 0 Å². The molecule has 7 rings (SSSR count). The van der Waals surface area contributed by atoms with E-state index >= 15 is 0 Å². The molecule has 0 aromatic heterocycles. The Hall–Kier alpha value is -3.00. The summed E-state index contributed by atoms with van der Waals surface area (Å²) in [6, 6.07) is 29.0. The lowest BCUT2D eigenvalue weighted by Gasteiger charge is -2.55. The largest absolute Gasteiger partial charge is 0.465 e. The lowest BCUT2D eigenvalue weighted by molar-refractivity contribution is -0.0148. The zero-order valence-corrected chi connectivity index (χ0v) is 17.8. The molecule has 2 aliphatic carbocycles. The molecule has 2 aliphatic heterocycles. The summed E-state index contributed by atoms with van der Waals surface area (Å²) < 4.78 is 7.01. The minimum Gasteiger partial charge on any atom is -0.465 e. The number of allylic oxidation sites excluding steroid dienone is 1. The van der Waals surface area contributed by atoms with Crippen molar-refractivity contribution < 1.29 is 4.74 Å². The van der Waals surface area contributed by atoms with Gasteiger partial charge in [0.05, 0.1) is 11.4 Å². The minimum atomic E-state index is -0.272. The van der Waals surface area contributed by atoms with E-state index in [1.807, 2.05) is 0 Å². The maximum Gasteiger partial charge on any atom is 0.191 e. The molecule has 0 radical (unpaired) electrons. The Balaban J connectivity index is 1.56. The molecule has 0 N–H and O–H groups in total. The van der Waals surface area contributed by atoms with Crippen molar-refractivity contribution in [2.75, 3.05) is 4.90 Å². The molecule has 2 heterocycles. The third-order valence-corrected chi connectivity index (χ3v) is 8.05. The average molecular weight is 406 g/mol. The van der Waals surface area contributed by atoms with Gasteiger partial charge in [0.25, 0.3) is 0 Å². The summed E-state index contributed by atoms with van der Waals surface area (Å²) in [4.78, 5) is 2.64. The number of ether oxygens (including phenoxy) is 1. The van der Waals surface area contributed by atoms with Gasteiger partial charge in [0, 0.05) is 23.8 Å². The zero-order chi connectivity index (χ0) is 20.4. The summed E-state index contributed by atoms with van der Waals surface area (Å²) in [5, 5.41) is 0. The zero-order valence-electron chi connectivity index (χ0n) is 17.8. The van der Waals surface area contributed by atoms with Gasteiger partial charge < -0.3 is 4.74 Å². The Bertz CT molecular complexity index is 1200. The summed E-state index contributed by atoms with van der Waals surface area (Å²) in [5.74, 6) is 1.95. The molecule has 3 atom stereocenters. The minimum absolute atomic E-state index is 0.272. The Labute approximate surface area is 184 Å². The summed E-state index contributed by atoms with van der Waals surface area (Å²) in [7, 11) is 0. The van der Waals surface area contributed by atoms with Crippen LogP contribution < -0.4 is 9.64 Å². The van der Waals surface area contributed by atoms with Crippen LogP contribution >= 0.6 is 0 Å². The van der Waals surface area contributed by atoms with E-state index in [4.69, 9.17) is 4.74 Å². The van der Waals surface area contributed by atoms with E-state index in [1.165, 1.54) is 47.3 Å². The third kappa shape index (κ3) is 2.34. The number of aryl methyl sites for hydroxylation is 1. The van der Waals surface area contributed by atoms with Gasteiger partial charge in [-0.25, -0.2) is 0 Å². The third-order valence-electron chi connectivity index (χ3n) is 8.05. The fourth-order valence-electron chi connectivity index (χ4n) is 6.90. The monoisotopic (exact) mass is 405 g/mol. The van der Waals surface area contributed by atoms with Crippen molar-refractivity contribution in [3.05, 3.63) is 101 Å². The lowest BCUT2D eigenvalue weighted by atomic mass is 9.63. The van der Waals surface area contributed by atoms with E-state index in [0.717, 1.165) is 25.0 Å². The number of para-hydroxylation sites is 2. The first-order valence-electron chi connectivity index (χ1n) is 11.8. The molecule has 1 saturated carbocycles. The van der Waals surface area contributed by atoms with E-state index in [9.17, 15) is 0 Å². The second kappa shape index (κ2) is 6.50. The highest BCUT2D eigenvalue weighted by Gasteiger charge is 2.60. The van der Waals surface area contributed by atoms with Crippen molar-refractivity contribution in [2.24, 2.45) is 5.92 Å². The van der Waals surface area contributed by atoms with Gasteiger partial charge in [0.2, 0.25) is 0 Å². The first kappa shape index (κ1) is 17.7. The molecular weight excluding hydrogens is 378 g/mol. The van der Waals surface area contributed by atoms with Crippen LogP contribution in [0, 0.1) is 5.92 Å². The van der Waals surface area contributed by atoms with Crippen LogP contribution in [-0.2, 0) is 6.42 Å². The van der Waals surface area contributed by atoms with Gasteiger partial charge in [-0.1, -0.05) is 73.2 Å². The van der Waals surface area contributed by atoms with Gasteiger partial charge >= 0.3 is 0 Å². The Kier molecular flexibility index (Phi) is 3.70. The van der Waals surface area contributed by atoms with Crippen LogP contribution in [0.5, 0.6) is 5.75 Å². The molecule has 0 amide bonds. The van der Waals surface area contributed by atoms with E-state index in [-0.39, 0.29) is 5.72 Å². The average Bonchev–Trinajstić information content (AvgIpc) is 3.16. The van der Waals surface area contributed by atoms with E-state index in [1.54, 1.807) is 5.57 Å². The van der Waals surface area contributed by atoms with Gasteiger partial charge in [0.15, 0.2) is 5.72 Å². The summed E-state index contributed by atoms with van der Waals surface area (Å²) in [5.41, 5.74) is 8.37. The summed E-state index contributed by atoms with van der Waals surface area (Å²) in [6.07, 6.45) is 7.11. The van der Waals surface area contributed by atoms with Crippen LogP contribution in [0.1, 0.15) is 54.7 Å². The topological polar surface area (TPSA) is 12.5 Å². The predicted octanol–water partition coefficient (Wildman–Crippen LogP) is 6.93. The highest BCUT2D eigenvalue weighted by Crippen LogP contribution is 2.63. The molecular formula is C29H27NO. The smallest absolute Gasteiger partial charge is 0.191 e. The molecule has 2 heteroatoms. The standard InChI is InChI=1S/C29H27NO/c1-2-11-21(12-3-1)27-23-18-17-20-10-4-5-13-22(20)28(23)30-25-15-6-7-16-26(25)31-29(30)19-9-8-14-24(27)29/h1-7,10-13,15-16,24,27H,8-9,14,17-19H2/t24-,27+,29-/m0/s1. The molecule has 0 bridgehead atoms. The Morgan fingerprint density at radius 1 is 0.806 bits per heavy atom. The van der Waals surface area contributed by atoms with Crippen LogP contribution in [0.25, 0.3) is 5.70 Å². The number of hydrogen-bond acceptors (Lipinski definition) is 2. The van der Waals surface area contributed by atoms with Gasteiger partial charge in [-0.3, -0.25) is 4.90 Å². The van der Waals surface area contributed by atoms with Crippen LogP contribution in [0.4, 0.5) is 5.69 Å². The maximum atomic E-state index is 7.01. The van der Waals surface area contributed by atoms with Crippen LogP contribution in [0.2, 0.25) is 0 Å². The molecule has 31 heavy (non-hydrogen) atoms. The summed E-state index contributed by atoms with van der Waals surface area (Å²) in [6.45, 7) is 0. The van der Waals surface area contributed by atoms with Crippen LogP contribution in [0.15, 0.2) is 84.4 Å². The first-order chi connectivity index (χ1) is 15.4.